The van der Waals surface area contributed by atoms with Crippen LogP contribution < -0.4 is 11.4 Å². The normalized spacial score (nSPS) is 29.8. The summed E-state index contributed by atoms with van der Waals surface area (Å²) in [6, 6.07) is 1.46. The van der Waals surface area contributed by atoms with Crippen molar-refractivity contribution >= 4 is 18.2 Å². The van der Waals surface area contributed by atoms with E-state index in [0.717, 1.165) is 0 Å². The molecule has 7 nitrogen and oxygen atoms in total. The van der Waals surface area contributed by atoms with Gasteiger partial charge in [-0.1, -0.05) is 6.08 Å². The maximum absolute atomic E-state index is 11.6. The van der Waals surface area contributed by atoms with Crippen molar-refractivity contribution in [2.45, 2.75) is 24.4 Å². The summed E-state index contributed by atoms with van der Waals surface area (Å²) in [4.78, 5) is 15.2. The van der Waals surface area contributed by atoms with Crippen LogP contribution in [-0.4, -0.2) is 38.1 Å². The molecule has 0 unspecified atom stereocenters. The minimum absolute atomic E-state index is 0. The highest BCUT2D eigenvalue weighted by molar-refractivity contribution is 5.85. The third-order valence-corrected chi connectivity index (χ3v) is 3.10. The monoisotopic (exact) mass is 289 g/mol. The molecule has 1 saturated heterocycles. The molecule has 1 aromatic heterocycles. The molecule has 1 fully saturated rings. The minimum atomic E-state index is -1.24. The Morgan fingerprint density at radius 1 is 1.74 bits per heavy atom. The fourth-order valence-electron chi connectivity index (χ4n) is 1.98. The van der Waals surface area contributed by atoms with E-state index in [1.807, 2.05) is 0 Å². The topological polar surface area (TPSA) is 111 Å². The second-order valence-electron chi connectivity index (χ2n) is 4.18. The lowest BCUT2D eigenvalue weighted by atomic mass is 9.98. The van der Waals surface area contributed by atoms with Gasteiger partial charge in [0.1, 0.15) is 17.6 Å². The number of hydrogen-bond acceptors (Lipinski definition) is 6. The van der Waals surface area contributed by atoms with Gasteiger partial charge in [0, 0.05) is 12.6 Å². The van der Waals surface area contributed by atoms with E-state index in [9.17, 15) is 15.0 Å². The lowest BCUT2D eigenvalue weighted by Crippen LogP contribution is -2.41. The molecule has 0 spiro atoms. The molecule has 3 atom stereocenters. The predicted octanol–water partition coefficient (Wildman–Crippen LogP) is -0.556. The van der Waals surface area contributed by atoms with E-state index in [1.165, 1.54) is 22.9 Å². The van der Waals surface area contributed by atoms with Crippen molar-refractivity contribution in [3.05, 3.63) is 35.4 Å². The molecule has 0 aromatic carbocycles. The van der Waals surface area contributed by atoms with Crippen LogP contribution in [0.15, 0.2) is 29.7 Å². The van der Waals surface area contributed by atoms with Crippen molar-refractivity contribution in [2.75, 3.05) is 12.3 Å². The first-order valence-electron chi connectivity index (χ1n) is 5.47. The first kappa shape index (κ1) is 15.6. The van der Waals surface area contributed by atoms with Crippen LogP contribution in [0.3, 0.4) is 0 Å². The molecule has 8 heteroatoms. The number of hydrogen-bond donors (Lipinski definition) is 3. The van der Waals surface area contributed by atoms with Gasteiger partial charge in [-0.3, -0.25) is 4.57 Å². The number of ether oxygens (including phenoxy) is 1. The van der Waals surface area contributed by atoms with Crippen LogP contribution in [0.4, 0.5) is 5.82 Å². The molecule has 4 N–H and O–H groups in total. The molecule has 2 heterocycles. The highest BCUT2D eigenvalue weighted by Crippen LogP contribution is 2.36. The SMILES string of the molecule is C=C[C@]1(CO)O[C@@H](n2ccc(N)nc2=O)C[C@@H]1O.Cl. The summed E-state index contributed by atoms with van der Waals surface area (Å²) in [6.07, 6.45) is 1.31. The van der Waals surface area contributed by atoms with Gasteiger partial charge in [-0.25, -0.2) is 4.79 Å². The zero-order valence-corrected chi connectivity index (χ0v) is 10.9. The van der Waals surface area contributed by atoms with E-state index in [-0.39, 0.29) is 24.6 Å². The van der Waals surface area contributed by atoms with Crippen molar-refractivity contribution in [3.8, 4) is 0 Å². The van der Waals surface area contributed by atoms with Crippen molar-refractivity contribution in [2.24, 2.45) is 0 Å². The van der Waals surface area contributed by atoms with Crippen molar-refractivity contribution in [3.63, 3.8) is 0 Å². The lowest BCUT2D eigenvalue weighted by Gasteiger charge is -2.26. The van der Waals surface area contributed by atoms with Gasteiger partial charge in [0.2, 0.25) is 0 Å². The van der Waals surface area contributed by atoms with E-state index < -0.39 is 30.2 Å². The summed E-state index contributed by atoms with van der Waals surface area (Å²) in [5, 5.41) is 19.2. The van der Waals surface area contributed by atoms with E-state index in [4.69, 9.17) is 10.5 Å². The number of nitrogens with two attached hydrogens (primary N) is 1. The second kappa shape index (κ2) is 5.70. The summed E-state index contributed by atoms with van der Waals surface area (Å²) >= 11 is 0. The second-order valence-corrected chi connectivity index (χ2v) is 4.18. The Morgan fingerprint density at radius 3 is 2.89 bits per heavy atom. The van der Waals surface area contributed by atoms with Crippen LogP contribution in [0.5, 0.6) is 0 Å². The molecule has 0 amide bonds. The molecule has 0 saturated carbocycles. The number of anilines is 1. The van der Waals surface area contributed by atoms with Crippen LogP contribution in [0.25, 0.3) is 0 Å². The van der Waals surface area contributed by atoms with E-state index >= 15 is 0 Å². The third-order valence-electron chi connectivity index (χ3n) is 3.10. The van der Waals surface area contributed by atoms with Crippen LogP contribution in [0, 0.1) is 0 Å². The standard InChI is InChI=1S/C11H15N3O4.ClH/c1-2-11(6-15)7(16)5-9(18-11)14-4-3-8(12)13-10(14)17;/h2-4,7,9,15-16H,1,5-6H2,(H2,12,13,17);1H/t7-,9+,11+;/m0./s1. The first-order valence-corrected chi connectivity index (χ1v) is 5.47. The fourth-order valence-corrected chi connectivity index (χ4v) is 1.98. The van der Waals surface area contributed by atoms with Crippen molar-refractivity contribution in [1.29, 1.82) is 0 Å². The van der Waals surface area contributed by atoms with E-state index in [0.29, 0.717) is 0 Å². The van der Waals surface area contributed by atoms with Crippen LogP contribution in [0.1, 0.15) is 12.6 Å². The summed E-state index contributed by atoms with van der Waals surface area (Å²) < 4.78 is 6.75. The average molecular weight is 290 g/mol. The zero-order chi connectivity index (χ0) is 13.3. The Kier molecular flexibility index (Phi) is 4.70. The maximum Gasteiger partial charge on any atom is 0.351 e. The largest absolute Gasteiger partial charge is 0.393 e. The molecule has 1 aromatic rings. The number of nitrogen functional groups attached to an aromatic ring is 1. The molecular weight excluding hydrogens is 274 g/mol. The van der Waals surface area contributed by atoms with Crippen LogP contribution in [0.2, 0.25) is 0 Å². The minimum Gasteiger partial charge on any atom is -0.393 e. The Bertz CT molecular complexity index is 521. The first-order chi connectivity index (χ1) is 8.52. The van der Waals surface area contributed by atoms with Gasteiger partial charge >= 0.3 is 5.69 Å². The Balaban J connectivity index is 0.00000180. The molecule has 106 valence electrons. The van der Waals surface area contributed by atoms with E-state index in [1.54, 1.807) is 0 Å². The number of nitrogens with zero attached hydrogens (tertiary/aromatic N) is 2. The van der Waals surface area contributed by atoms with E-state index in [2.05, 4.69) is 11.6 Å². The van der Waals surface area contributed by atoms with Crippen molar-refractivity contribution in [1.82, 2.24) is 9.55 Å². The summed E-state index contributed by atoms with van der Waals surface area (Å²) in [6.45, 7) is 3.12. The van der Waals surface area contributed by atoms with Gasteiger partial charge in [-0.15, -0.1) is 19.0 Å². The molecular formula is C11H16ClN3O4. The molecule has 1 aliphatic heterocycles. The quantitative estimate of drug-likeness (QED) is 0.644. The predicted molar refractivity (Wildman–Crippen MR) is 70.9 cm³/mol. The third kappa shape index (κ3) is 2.64. The summed E-state index contributed by atoms with van der Waals surface area (Å²) in [7, 11) is 0. The lowest BCUT2D eigenvalue weighted by molar-refractivity contribution is -0.0973. The number of rotatable bonds is 3. The molecule has 0 bridgehead atoms. The highest BCUT2D eigenvalue weighted by atomic mass is 35.5. The van der Waals surface area contributed by atoms with Gasteiger partial charge in [0.25, 0.3) is 0 Å². The maximum atomic E-state index is 11.6. The summed E-state index contributed by atoms with van der Waals surface area (Å²) in [5.74, 6) is 0.118. The highest BCUT2D eigenvalue weighted by Gasteiger charge is 2.46. The van der Waals surface area contributed by atoms with Crippen LogP contribution >= 0.6 is 12.4 Å². The van der Waals surface area contributed by atoms with Gasteiger partial charge in [0.15, 0.2) is 0 Å². The van der Waals surface area contributed by atoms with Crippen molar-refractivity contribution < 1.29 is 14.9 Å². The zero-order valence-electron chi connectivity index (χ0n) is 10.1. The molecule has 2 rings (SSSR count). The molecule has 0 aliphatic carbocycles. The Hall–Kier alpha value is -1.41. The summed E-state index contributed by atoms with van der Waals surface area (Å²) in [5.41, 5.74) is 3.58. The fraction of sp³-hybridized carbons (Fsp3) is 0.455. The molecule has 1 aliphatic rings. The average Bonchev–Trinajstić information content (AvgIpc) is 2.67. The van der Waals surface area contributed by atoms with Gasteiger partial charge in [0.05, 0.1) is 12.7 Å². The number of aromatic nitrogens is 2. The van der Waals surface area contributed by atoms with Gasteiger partial charge < -0.3 is 20.7 Å². The number of halogens is 1. The Labute approximate surface area is 115 Å². The number of aliphatic hydroxyl groups excluding tert-OH is 2. The van der Waals surface area contributed by atoms with Gasteiger partial charge in [-0.05, 0) is 6.07 Å². The molecule has 19 heavy (non-hydrogen) atoms. The van der Waals surface area contributed by atoms with Gasteiger partial charge in [-0.2, -0.15) is 4.98 Å². The Morgan fingerprint density at radius 2 is 2.42 bits per heavy atom. The smallest absolute Gasteiger partial charge is 0.351 e. The molecule has 0 radical (unpaired) electrons. The van der Waals surface area contributed by atoms with Crippen LogP contribution in [-0.2, 0) is 4.74 Å². The number of aliphatic hydroxyl groups is 2.